The summed E-state index contributed by atoms with van der Waals surface area (Å²) in [6.07, 6.45) is -3.88. The van der Waals surface area contributed by atoms with Crippen LogP contribution in [0.1, 0.15) is 5.82 Å². The van der Waals surface area contributed by atoms with Crippen molar-refractivity contribution in [3.8, 4) is 0 Å². The number of benzene rings is 1. The van der Waals surface area contributed by atoms with Crippen LogP contribution in [-0.2, 0) is 5.92 Å². The predicted molar refractivity (Wildman–Crippen MR) is 54.4 cm³/mol. The van der Waals surface area contributed by atoms with Crippen LogP contribution in [0.15, 0.2) is 24.3 Å². The summed E-state index contributed by atoms with van der Waals surface area (Å²) < 4.78 is 50.4. The zero-order chi connectivity index (χ0) is 12.6. The normalized spacial score (nSPS) is 12.4. The molecule has 0 fully saturated rings. The fourth-order valence-corrected chi connectivity index (χ4v) is 1.52. The van der Waals surface area contributed by atoms with Gasteiger partial charge in [0.2, 0.25) is 5.82 Å². The molecule has 90 valence electrons. The average Bonchev–Trinajstić information content (AvgIpc) is 2.28. The van der Waals surface area contributed by atoms with Crippen molar-refractivity contribution in [2.75, 3.05) is 0 Å². The molecule has 2 rings (SSSR count). The van der Waals surface area contributed by atoms with Gasteiger partial charge in [-0.1, -0.05) is 23.7 Å². The number of rotatable bonds is 2. The molecule has 0 bridgehead atoms. The van der Waals surface area contributed by atoms with Crippen LogP contribution in [0.3, 0.4) is 0 Å². The Morgan fingerprint density at radius 1 is 1.12 bits per heavy atom. The molecule has 0 saturated carbocycles. The number of halogens is 5. The van der Waals surface area contributed by atoms with E-state index in [1.807, 2.05) is 0 Å². The van der Waals surface area contributed by atoms with E-state index in [1.165, 1.54) is 18.2 Å². The van der Waals surface area contributed by atoms with Crippen LogP contribution in [0, 0.1) is 0 Å². The minimum absolute atomic E-state index is 0.0998. The molecule has 0 atom stereocenters. The Bertz CT molecular complexity index is 559. The van der Waals surface area contributed by atoms with Gasteiger partial charge >= 0.3 is 12.3 Å². The molecular formula is C10H5ClF4N2. The molecule has 0 radical (unpaired) electrons. The van der Waals surface area contributed by atoms with E-state index < -0.39 is 18.2 Å². The second kappa shape index (κ2) is 4.10. The minimum Gasteiger partial charge on any atom is -0.227 e. The second-order valence-electron chi connectivity index (χ2n) is 3.28. The number of fused-ring (bicyclic) bond motifs is 1. The molecule has 0 N–H and O–H groups in total. The quantitative estimate of drug-likeness (QED) is 0.611. The van der Waals surface area contributed by atoms with Crippen molar-refractivity contribution in [2.45, 2.75) is 12.3 Å². The van der Waals surface area contributed by atoms with E-state index in [9.17, 15) is 17.6 Å². The van der Waals surface area contributed by atoms with Gasteiger partial charge < -0.3 is 0 Å². The van der Waals surface area contributed by atoms with Crippen molar-refractivity contribution in [3.63, 3.8) is 0 Å². The molecule has 0 unspecified atom stereocenters. The summed E-state index contributed by atoms with van der Waals surface area (Å²) in [7, 11) is 0. The first-order chi connectivity index (χ1) is 7.93. The summed E-state index contributed by atoms with van der Waals surface area (Å²) in [5.41, 5.74) is 0.0998. The van der Waals surface area contributed by atoms with Gasteiger partial charge in [-0.3, -0.25) is 0 Å². The first-order valence-electron chi connectivity index (χ1n) is 4.51. The number of hydrogen-bond acceptors (Lipinski definition) is 2. The Labute approximate surface area is 98.2 Å². The van der Waals surface area contributed by atoms with E-state index in [4.69, 9.17) is 11.6 Å². The molecule has 2 nitrogen and oxygen atoms in total. The first kappa shape index (κ1) is 12.0. The van der Waals surface area contributed by atoms with Crippen LogP contribution in [0.5, 0.6) is 0 Å². The molecule has 1 aromatic carbocycles. The van der Waals surface area contributed by atoms with E-state index in [1.54, 1.807) is 6.07 Å². The molecule has 0 saturated heterocycles. The first-order valence-corrected chi connectivity index (χ1v) is 4.89. The lowest BCUT2D eigenvalue weighted by atomic mass is 10.2. The van der Waals surface area contributed by atoms with Gasteiger partial charge in [-0.15, -0.1) is 0 Å². The highest BCUT2D eigenvalue weighted by Crippen LogP contribution is 2.34. The van der Waals surface area contributed by atoms with Gasteiger partial charge in [0.1, 0.15) is 5.15 Å². The predicted octanol–water partition coefficient (Wildman–Crippen LogP) is 3.64. The van der Waals surface area contributed by atoms with Crippen LogP contribution in [0.25, 0.3) is 10.9 Å². The maximum Gasteiger partial charge on any atom is 0.365 e. The smallest absolute Gasteiger partial charge is 0.227 e. The van der Waals surface area contributed by atoms with E-state index in [0.717, 1.165) is 0 Å². The molecular weight excluding hydrogens is 260 g/mol. The SMILES string of the molecule is FC(F)C(F)(F)c1nc(Cl)c2ccccc2n1. The summed E-state index contributed by atoms with van der Waals surface area (Å²) in [6, 6.07) is 6.06. The number of aromatic nitrogens is 2. The third kappa shape index (κ3) is 2.04. The topological polar surface area (TPSA) is 25.8 Å². The zero-order valence-corrected chi connectivity index (χ0v) is 8.93. The number of nitrogens with zero attached hydrogens (tertiary/aromatic N) is 2. The van der Waals surface area contributed by atoms with Crippen molar-refractivity contribution < 1.29 is 17.6 Å². The van der Waals surface area contributed by atoms with Gasteiger partial charge in [-0.05, 0) is 12.1 Å². The van der Waals surface area contributed by atoms with Gasteiger partial charge in [0, 0.05) is 5.39 Å². The van der Waals surface area contributed by atoms with Crippen LogP contribution < -0.4 is 0 Å². The van der Waals surface area contributed by atoms with Gasteiger partial charge in [-0.2, -0.15) is 8.78 Å². The Hall–Kier alpha value is -1.43. The highest BCUT2D eigenvalue weighted by molar-refractivity contribution is 6.34. The summed E-state index contributed by atoms with van der Waals surface area (Å²) in [5.74, 6) is -5.68. The molecule has 17 heavy (non-hydrogen) atoms. The van der Waals surface area contributed by atoms with Crippen LogP contribution >= 0.6 is 11.6 Å². The van der Waals surface area contributed by atoms with Crippen LogP contribution in [0.4, 0.5) is 17.6 Å². The van der Waals surface area contributed by atoms with E-state index in [2.05, 4.69) is 9.97 Å². The lowest BCUT2D eigenvalue weighted by molar-refractivity contribution is -0.140. The monoisotopic (exact) mass is 264 g/mol. The highest BCUT2D eigenvalue weighted by Gasteiger charge is 2.46. The molecule has 0 aliphatic carbocycles. The molecule has 1 aromatic heterocycles. The molecule has 0 spiro atoms. The van der Waals surface area contributed by atoms with E-state index in [0.29, 0.717) is 5.39 Å². The van der Waals surface area contributed by atoms with Crippen molar-refractivity contribution in [3.05, 3.63) is 35.2 Å². The average molecular weight is 265 g/mol. The lowest BCUT2D eigenvalue weighted by Crippen LogP contribution is -2.26. The van der Waals surface area contributed by atoms with Crippen molar-refractivity contribution in [1.29, 1.82) is 0 Å². The lowest BCUT2D eigenvalue weighted by Gasteiger charge is -2.14. The Balaban J connectivity index is 2.65. The summed E-state index contributed by atoms with van der Waals surface area (Å²) in [5, 5.41) is 0.0638. The van der Waals surface area contributed by atoms with E-state index >= 15 is 0 Å². The molecule has 7 heteroatoms. The van der Waals surface area contributed by atoms with E-state index in [-0.39, 0.29) is 10.7 Å². The Morgan fingerprint density at radius 3 is 2.41 bits per heavy atom. The fraction of sp³-hybridized carbons (Fsp3) is 0.200. The molecule has 0 amide bonds. The molecule has 0 aliphatic heterocycles. The highest BCUT2D eigenvalue weighted by atomic mass is 35.5. The third-order valence-electron chi connectivity index (χ3n) is 2.13. The second-order valence-corrected chi connectivity index (χ2v) is 3.64. The standard InChI is InChI=1S/C10H5ClF4N2/c11-7-5-3-1-2-4-6(5)16-9(17-7)10(14,15)8(12)13/h1-4,8H. The van der Waals surface area contributed by atoms with Gasteiger partial charge in [-0.25, -0.2) is 18.7 Å². The van der Waals surface area contributed by atoms with Crippen molar-refractivity contribution in [1.82, 2.24) is 9.97 Å². The van der Waals surface area contributed by atoms with Crippen LogP contribution in [-0.4, -0.2) is 16.4 Å². The Morgan fingerprint density at radius 2 is 1.76 bits per heavy atom. The minimum atomic E-state index is -4.41. The maximum atomic E-state index is 13.1. The number of hydrogen-bond donors (Lipinski definition) is 0. The summed E-state index contributed by atoms with van der Waals surface area (Å²) in [4.78, 5) is 6.62. The van der Waals surface area contributed by atoms with Gasteiger partial charge in [0.25, 0.3) is 0 Å². The van der Waals surface area contributed by atoms with Crippen molar-refractivity contribution >= 4 is 22.5 Å². The van der Waals surface area contributed by atoms with Gasteiger partial charge in [0.05, 0.1) is 5.52 Å². The summed E-state index contributed by atoms with van der Waals surface area (Å²) >= 11 is 5.64. The Kier molecular flexibility index (Phi) is 2.91. The summed E-state index contributed by atoms with van der Waals surface area (Å²) in [6.45, 7) is 0. The molecule has 2 aromatic rings. The molecule has 1 heterocycles. The largest absolute Gasteiger partial charge is 0.365 e. The zero-order valence-electron chi connectivity index (χ0n) is 8.17. The fourth-order valence-electron chi connectivity index (χ4n) is 1.28. The maximum absolute atomic E-state index is 13.1. The number of para-hydroxylation sites is 1. The molecule has 0 aliphatic rings. The van der Waals surface area contributed by atoms with Crippen LogP contribution in [0.2, 0.25) is 5.15 Å². The number of alkyl halides is 4. The third-order valence-corrected chi connectivity index (χ3v) is 2.42. The van der Waals surface area contributed by atoms with Crippen molar-refractivity contribution in [2.24, 2.45) is 0 Å². The van der Waals surface area contributed by atoms with Gasteiger partial charge in [0.15, 0.2) is 0 Å².